The summed E-state index contributed by atoms with van der Waals surface area (Å²) in [6.07, 6.45) is 8.58. The van der Waals surface area contributed by atoms with Crippen molar-refractivity contribution in [3.63, 3.8) is 0 Å². The maximum Gasteiger partial charge on any atom is 0.165 e. The smallest absolute Gasteiger partial charge is 0.165 e. The minimum Gasteiger partial charge on any atom is -0.360 e. The van der Waals surface area contributed by atoms with Crippen LogP contribution in [0.2, 0.25) is 5.02 Å². The topological polar surface area (TPSA) is 49.7 Å². The maximum absolute atomic E-state index is 15.4. The zero-order chi connectivity index (χ0) is 26.7. The lowest BCUT2D eigenvalue weighted by atomic mass is 9.97. The summed E-state index contributed by atoms with van der Waals surface area (Å²) < 4.78 is 17.5. The third-order valence-electron chi connectivity index (χ3n) is 8.33. The molecule has 0 unspecified atom stereocenters. The van der Waals surface area contributed by atoms with Crippen LogP contribution in [0.3, 0.4) is 0 Å². The quantitative estimate of drug-likeness (QED) is 0.240. The van der Waals surface area contributed by atoms with Gasteiger partial charge in [-0.15, -0.1) is 0 Å². The standard InChI is InChI=1S/C32H31ClFN5/c1-3-19-6-5-7-20(4-2)30(19)39-31(24-10-11-26(33)29-23(24)12-14-35-29)25-18-38(15-13-28(25)37-39)32-27(34)16-22(17-36-32)21-8-9-21/h5-7,10-12,14,16-17,21,35H,3-4,8-9,13,15,18H2,1-2H3. The Hall–Kier alpha value is -3.64. The van der Waals surface area contributed by atoms with Crippen LogP contribution in [0.25, 0.3) is 27.8 Å². The van der Waals surface area contributed by atoms with E-state index in [1.807, 2.05) is 18.5 Å². The summed E-state index contributed by atoms with van der Waals surface area (Å²) in [5, 5.41) is 6.99. The number of pyridine rings is 1. The molecule has 5 nitrogen and oxygen atoms in total. The summed E-state index contributed by atoms with van der Waals surface area (Å²) >= 11 is 6.58. The zero-order valence-electron chi connectivity index (χ0n) is 22.3. The molecule has 7 heteroatoms. The number of para-hydroxylation sites is 1. The van der Waals surface area contributed by atoms with Crippen molar-refractivity contribution < 1.29 is 4.39 Å². The third-order valence-corrected chi connectivity index (χ3v) is 8.64. The highest BCUT2D eigenvalue weighted by Crippen LogP contribution is 2.42. The Morgan fingerprint density at radius 3 is 2.59 bits per heavy atom. The molecular weight excluding hydrogens is 509 g/mol. The molecule has 1 N–H and O–H groups in total. The number of anilines is 1. The van der Waals surface area contributed by atoms with Crippen LogP contribution in [0.1, 0.15) is 60.6 Å². The number of nitrogens with one attached hydrogen (secondary N) is 1. The molecule has 1 aliphatic heterocycles. The molecule has 39 heavy (non-hydrogen) atoms. The molecule has 0 atom stereocenters. The van der Waals surface area contributed by atoms with Crippen LogP contribution < -0.4 is 4.90 Å². The molecular formula is C32H31ClFN5. The number of hydrogen-bond donors (Lipinski definition) is 1. The van der Waals surface area contributed by atoms with E-state index < -0.39 is 0 Å². The molecule has 2 aromatic carbocycles. The molecule has 0 saturated heterocycles. The molecule has 7 rings (SSSR count). The summed E-state index contributed by atoms with van der Waals surface area (Å²) in [6.45, 7) is 5.60. The molecule has 1 aliphatic carbocycles. The van der Waals surface area contributed by atoms with Gasteiger partial charge in [0.05, 0.1) is 27.6 Å². The summed E-state index contributed by atoms with van der Waals surface area (Å²) in [6, 6.07) is 14.3. The number of fused-ring (bicyclic) bond motifs is 2. The molecule has 0 bridgehead atoms. The van der Waals surface area contributed by atoms with Crippen molar-refractivity contribution in [2.24, 2.45) is 0 Å². The van der Waals surface area contributed by atoms with Crippen molar-refractivity contribution in [3.05, 3.63) is 93.6 Å². The molecule has 198 valence electrons. The van der Waals surface area contributed by atoms with E-state index in [-0.39, 0.29) is 5.82 Å². The molecule has 0 amide bonds. The average molecular weight is 540 g/mol. The predicted octanol–water partition coefficient (Wildman–Crippen LogP) is 7.77. The lowest BCUT2D eigenvalue weighted by Gasteiger charge is -2.28. The van der Waals surface area contributed by atoms with E-state index in [2.05, 4.69) is 63.7 Å². The summed E-state index contributed by atoms with van der Waals surface area (Å²) in [5.41, 5.74) is 9.88. The number of hydrogen-bond acceptors (Lipinski definition) is 3. The molecule has 2 aliphatic rings. The van der Waals surface area contributed by atoms with E-state index in [0.29, 0.717) is 29.8 Å². The van der Waals surface area contributed by atoms with Gasteiger partial charge in [-0.3, -0.25) is 0 Å². The fourth-order valence-electron chi connectivity index (χ4n) is 6.13. The van der Waals surface area contributed by atoms with E-state index in [9.17, 15) is 0 Å². The van der Waals surface area contributed by atoms with Gasteiger partial charge in [-0.1, -0.05) is 49.7 Å². The van der Waals surface area contributed by atoms with Crippen LogP contribution in [0.15, 0.2) is 54.9 Å². The monoisotopic (exact) mass is 539 g/mol. The number of halogens is 2. The van der Waals surface area contributed by atoms with Crippen molar-refractivity contribution in [2.45, 2.75) is 58.4 Å². The summed E-state index contributed by atoms with van der Waals surface area (Å²) in [7, 11) is 0. The number of H-pyrrole nitrogens is 1. The van der Waals surface area contributed by atoms with Crippen LogP contribution in [0.4, 0.5) is 10.2 Å². The number of aryl methyl sites for hydroxylation is 2. The van der Waals surface area contributed by atoms with E-state index in [4.69, 9.17) is 16.7 Å². The molecule has 1 fully saturated rings. The molecule has 0 spiro atoms. The van der Waals surface area contributed by atoms with E-state index in [0.717, 1.165) is 76.8 Å². The Balaban J connectivity index is 1.43. The van der Waals surface area contributed by atoms with Crippen LogP contribution >= 0.6 is 11.6 Å². The summed E-state index contributed by atoms with van der Waals surface area (Å²) in [5.74, 6) is 0.662. The van der Waals surface area contributed by atoms with E-state index >= 15 is 4.39 Å². The maximum atomic E-state index is 15.4. The first-order chi connectivity index (χ1) is 19.1. The van der Waals surface area contributed by atoms with Crippen LogP contribution in [0, 0.1) is 5.82 Å². The van der Waals surface area contributed by atoms with Crippen molar-refractivity contribution in [2.75, 3.05) is 11.4 Å². The largest absolute Gasteiger partial charge is 0.360 e. The highest BCUT2D eigenvalue weighted by atomic mass is 35.5. The lowest BCUT2D eigenvalue weighted by molar-refractivity contribution is 0.597. The van der Waals surface area contributed by atoms with Gasteiger partial charge >= 0.3 is 0 Å². The fourth-order valence-corrected chi connectivity index (χ4v) is 6.34. The zero-order valence-corrected chi connectivity index (χ0v) is 23.0. The second kappa shape index (κ2) is 9.53. The molecule has 3 aromatic heterocycles. The second-order valence-electron chi connectivity index (χ2n) is 10.7. The normalized spacial score (nSPS) is 15.2. The minimum atomic E-state index is -0.235. The number of aromatic nitrogens is 4. The van der Waals surface area contributed by atoms with Crippen LogP contribution in [-0.2, 0) is 25.8 Å². The van der Waals surface area contributed by atoms with Crippen molar-refractivity contribution in [3.8, 4) is 16.9 Å². The van der Waals surface area contributed by atoms with Gasteiger partial charge < -0.3 is 9.88 Å². The highest BCUT2D eigenvalue weighted by molar-refractivity contribution is 6.35. The van der Waals surface area contributed by atoms with Crippen molar-refractivity contribution in [1.82, 2.24) is 19.7 Å². The Kier molecular flexibility index (Phi) is 5.96. The van der Waals surface area contributed by atoms with Gasteiger partial charge in [0.25, 0.3) is 0 Å². The number of aromatic amines is 1. The van der Waals surface area contributed by atoms with Gasteiger partial charge in [0, 0.05) is 48.4 Å². The van der Waals surface area contributed by atoms with Crippen LogP contribution in [-0.4, -0.2) is 26.3 Å². The Morgan fingerprint density at radius 2 is 1.87 bits per heavy atom. The average Bonchev–Trinajstić information content (AvgIpc) is 3.57. The number of benzene rings is 2. The fraction of sp³-hybridized carbons (Fsp3) is 0.312. The molecule has 0 radical (unpaired) electrons. The van der Waals surface area contributed by atoms with Gasteiger partial charge in [-0.25, -0.2) is 14.1 Å². The summed E-state index contributed by atoms with van der Waals surface area (Å²) in [4.78, 5) is 9.99. The predicted molar refractivity (Wildman–Crippen MR) is 156 cm³/mol. The van der Waals surface area contributed by atoms with Gasteiger partial charge in [0.2, 0.25) is 0 Å². The Labute approximate surface area is 232 Å². The van der Waals surface area contributed by atoms with E-state index in [1.165, 1.54) is 11.1 Å². The SMILES string of the molecule is CCc1cccc(CC)c1-n1nc2c(c1-c1ccc(Cl)c3[nH]ccc13)CN(c1ncc(C3CC3)cc1F)CC2. The van der Waals surface area contributed by atoms with Crippen molar-refractivity contribution >= 4 is 28.3 Å². The Bertz CT molecular complexity index is 1690. The lowest BCUT2D eigenvalue weighted by Crippen LogP contribution is -2.31. The van der Waals surface area contributed by atoms with Crippen LogP contribution in [0.5, 0.6) is 0 Å². The molecule has 5 aromatic rings. The van der Waals surface area contributed by atoms with Gasteiger partial charge in [-0.2, -0.15) is 5.10 Å². The van der Waals surface area contributed by atoms with Crippen molar-refractivity contribution in [1.29, 1.82) is 0 Å². The van der Waals surface area contributed by atoms with Gasteiger partial charge in [-0.05, 0) is 66.5 Å². The number of nitrogens with zero attached hydrogens (tertiary/aromatic N) is 4. The first kappa shape index (κ1) is 24.4. The van der Waals surface area contributed by atoms with Gasteiger partial charge in [0.1, 0.15) is 0 Å². The second-order valence-corrected chi connectivity index (χ2v) is 11.1. The first-order valence-electron chi connectivity index (χ1n) is 14.0. The third kappa shape index (κ3) is 4.04. The minimum absolute atomic E-state index is 0.235. The first-order valence-corrected chi connectivity index (χ1v) is 14.3. The highest BCUT2D eigenvalue weighted by Gasteiger charge is 2.31. The molecule has 4 heterocycles. The van der Waals surface area contributed by atoms with E-state index in [1.54, 1.807) is 6.07 Å². The molecule has 1 saturated carbocycles. The van der Waals surface area contributed by atoms with Gasteiger partial charge in [0.15, 0.2) is 11.6 Å². The number of rotatable bonds is 6. The Morgan fingerprint density at radius 1 is 1.08 bits per heavy atom.